The molecule has 0 radical (unpaired) electrons. The summed E-state index contributed by atoms with van der Waals surface area (Å²) in [5.41, 5.74) is 1.58. The number of rotatable bonds is 3. The van der Waals surface area contributed by atoms with Gasteiger partial charge in [0.05, 0.1) is 6.10 Å². The molecule has 88 valence electrons. The maximum atomic E-state index is 9.41. The zero-order valence-electron chi connectivity index (χ0n) is 10.9. The van der Waals surface area contributed by atoms with Gasteiger partial charge >= 0.3 is 0 Å². The molecule has 1 nitrogen and oxygen atoms in total. The Morgan fingerprint density at radius 1 is 1.47 bits per heavy atom. The van der Waals surface area contributed by atoms with E-state index in [2.05, 4.69) is 26.8 Å². The molecule has 1 aliphatic carbocycles. The van der Waals surface area contributed by atoms with Gasteiger partial charge in [0.15, 0.2) is 0 Å². The van der Waals surface area contributed by atoms with Gasteiger partial charge in [0.25, 0.3) is 0 Å². The van der Waals surface area contributed by atoms with E-state index in [4.69, 9.17) is 0 Å². The summed E-state index contributed by atoms with van der Waals surface area (Å²) in [5, 5.41) is 9.41. The Kier molecular flexibility index (Phi) is 3.99. The monoisotopic (exact) mass is 210 g/mol. The molecule has 3 unspecified atom stereocenters. The van der Waals surface area contributed by atoms with Crippen molar-refractivity contribution in [3.63, 3.8) is 0 Å². The topological polar surface area (TPSA) is 20.2 Å². The first-order valence-corrected chi connectivity index (χ1v) is 6.20. The first-order chi connectivity index (χ1) is 6.85. The third kappa shape index (κ3) is 2.84. The first kappa shape index (κ1) is 12.8. The molecule has 0 spiro atoms. The first-order valence-electron chi connectivity index (χ1n) is 6.20. The van der Waals surface area contributed by atoms with E-state index in [0.29, 0.717) is 5.41 Å². The molecular formula is C14H26O. The Labute approximate surface area is 94.6 Å². The SMILES string of the molecule is CC(=CCC1CCC(C)C1(C)C)C(C)O. The largest absolute Gasteiger partial charge is 0.389 e. The fourth-order valence-corrected chi connectivity index (χ4v) is 2.52. The van der Waals surface area contributed by atoms with E-state index in [-0.39, 0.29) is 6.10 Å². The summed E-state index contributed by atoms with van der Waals surface area (Å²) in [6, 6.07) is 0. The van der Waals surface area contributed by atoms with Gasteiger partial charge in [-0.05, 0) is 55.9 Å². The van der Waals surface area contributed by atoms with Crippen LogP contribution in [0.2, 0.25) is 0 Å². The lowest BCUT2D eigenvalue weighted by molar-refractivity contribution is 0.197. The molecule has 1 aliphatic rings. The van der Waals surface area contributed by atoms with Gasteiger partial charge in [-0.25, -0.2) is 0 Å². The number of hydrogen-bond acceptors (Lipinski definition) is 1. The second-order valence-corrected chi connectivity index (χ2v) is 5.86. The van der Waals surface area contributed by atoms with Gasteiger partial charge in [-0.3, -0.25) is 0 Å². The van der Waals surface area contributed by atoms with E-state index in [1.807, 2.05) is 13.8 Å². The van der Waals surface area contributed by atoms with Gasteiger partial charge in [-0.15, -0.1) is 0 Å². The fraction of sp³-hybridized carbons (Fsp3) is 0.857. The number of allylic oxidation sites excluding steroid dienone is 1. The van der Waals surface area contributed by atoms with Crippen LogP contribution >= 0.6 is 0 Å². The Bertz CT molecular complexity index is 238. The van der Waals surface area contributed by atoms with Crippen LogP contribution in [0.1, 0.15) is 53.9 Å². The van der Waals surface area contributed by atoms with Crippen LogP contribution in [0, 0.1) is 17.3 Å². The zero-order valence-corrected chi connectivity index (χ0v) is 10.9. The van der Waals surface area contributed by atoms with Crippen molar-refractivity contribution in [3.8, 4) is 0 Å². The van der Waals surface area contributed by atoms with Crippen LogP contribution in [0.5, 0.6) is 0 Å². The van der Waals surface area contributed by atoms with Crippen LogP contribution in [0.3, 0.4) is 0 Å². The molecule has 15 heavy (non-hydrogen) atoms. The van der Waals surface area contributed by atoms with Gasteiger partial charge in [0, 0.05) is 0 Å². The van der Waals surface area contributed by atoms with Crippen LogP contribution in [0.15, 0.2) is 11.6 Å². The van der Waals surface area contributed by atoms with Crippen molar-refractivity contribution >= 4 is 0 Å². The van der Waals surface area contributed by atoms with Crippen molar-refractivity contribution in [3.05, 3.63) is 11.6 Å². The molecule has 3 atom stereocenters. The molecule has 1 heteroatoms. The van der Waals surface area contributed by atoms with E-state index in [1.54, 1.807) is 0 Å². The summed E-state index contributed by atoms with van der Waals surface area (Å²) in [4.78, 5) is 0. The summed E-state index contributed by atoms with van der Waals surface area (Å²) < 4.78 is 0. The smallest absolute Gasteiger partial charge is 0.0719 e. The third-order valence-corrected chi connectivity index (χ3v) is 4.65. The lowest BCUT2D eigenvalue weighted by Crippen LogP contribution is -2.23. The Balaban J connectivity index is 2.57. The average Bonchev–Trinajstić information content (AvgIpc) is 2.39. The van der Waals surface area contributed by atoms with Crippen molar-refractivity contribution in [1.29, 1.82) is 0 Å². The molecule has 0 aromatic heterocycles. The predicted octanol–water partition coefficient (Wildman–Crippen LogP) is 3.78. The van der Waals surface area contributed by atoms with Crippen molar-refractivity contribution in [2.45, 2.75) is 60.0 Å². The van der Waals surface area contributed by atoms with Gasteiger partial charge in [0.1, 0.15) is 0 Å². The highest BCUT2D eigenvalue weighted by molar-refractivity contribution is 5.05. The lowest BCUT2D eigenvalue weighted by atomic mass is 9.75. The second-order valence-electron chi connectivity index (χ2n) is 5.86. The summed E-state index contributed by atoms with van der Waals surface area (Å²) in [7, 11) is 0. The van der Waals surface area contributed by atoms with Gasteiger partial charge in [0.2, 0.25) is 0 Å². The van der Waals surface area contributed by atoms with Crippen molar-refractivity contribution in [2.24, 2.45) is 17.3 Å². The molecule has 1 saturated carbocycles. The predicted molar refractivity (Wildman–Crippen MR) is 65.7 cm³/mol. The fourth-order valence-electron chi connectivity index (χ4n) is 2.52. The quantitative estimate of drug-likeness (QED) is 0.703. The second kappa shape index (κ2) is 4.69. The van der Waals surface area contributed by atoms with E-state index in [1.165, 1.54) is 12.8 Å². The van der Waals surface area contributed by atoms with E-state index in [9.17, 15) is 5.11 Å². The van der Waals surface area contributed by atoms with Crippen LogP contribution in [-0.2, 0) is 0 Å². The van der Waals surface area contributed by atoms with Crippen LogP contribution in [-0.4, -0.2) is 11.2 Å². The van der Waals surface area contributed by atoms with Crippen molar-refractivity contribution in [1.82, 2.24) is 0 Å². The molecule has 1 rings (SSSR count). The number of aliphatic hydroxyl groups excluding tert-OH is 1. The van der Waals surface area contributed by atoms with E-state index in [0.717, 1.165) is 23.8 Å². The summed E-state index contributed by atoms with van der Waals surface area (Å²) in [6.45, 7) is 11.0. The Morgan fingerprint density at radius 2 is 2.07 bits per heavy atom. The molecule has 0 bridgehead atoms. The highest BCUT2D eigenvalue weighted by Crippen LogP contribution is 2.48. The number of hydrogen-bond donors (Lipinski definition) is 1. The molecule has 0 heterocycles. The molecule has 1 N–H and O–H groups in total. The molecule has 1 fully saturated rings. The minimum absolute atomic E-state index is 0.285. The highest BCUT2D eigenvalue weighted by atomic mass is 16.3. The minimum Gasteiger partial charge on any atom is -0.389 e. The molecule has 0 saturated heterocycles. The summed E-state index contributed by atoms with van der Waals surface area (Å²) >= 11 is 0. The maximum absolute atomic E-state index is 9.41. The van der Waals surface area contributed by atoms with Crippen LogP contribution < -0.4 is 0 Å². The zero-order chi connectivity index (χ0) is 11.6. The van der Waals surface area contributed by atoms with Gasteiger partial charge in [-0.1, -0.05) is 26.8 Å². The molecule has 0 aromatic carbocycles. The van der Waals surface area contributed by atoms with Gasteiger partial charge in [-0.2, -0.15) is 0 Å². The lowest BCUT2D eigenvalue weighted by Gasteiger charge is -2.30. The Morgan fingerprint density at radius 3 is 2.47 bits per heavy atom. The molecule has 0 amide bonds. The van der Waals surface area contributed by atoms with Gasteiger partial charge < -0.3 is 5.11 Å². The standard InChI is InChI=1S/C14H26O/c1-10(12(3)15)6-8-13-9-7-11(2)14(13,4)5/h6,11-13,15H,7-9H2,1-5H3. The normalized spacial score (nSPS) is 33.1. The Hall–Kier alpha value is -0.300. The minimum atomic E-state index is -0.285. The summed E-state index contributed by atoms with van der Waals surface area (Å²) in [5.74, 6) is 1.63. The van der Waals surface area contributed by atoms with E-state index < -0.39 is 0 Å². The molecular weight excluding hydrogens is 184 g/mol. The summed E-state index contributed by atoms with van der Waals surface area (Å²) in [6.07, 6.45) is 5.78. The van der Waals surface area contributed by atoms with E-state index >= 15 is 0 Å². The molecule has 0 aliphatic heterocycles. The van der Waals surface area contributed by atoms with Crippen molar-refractivity contribution in [2.75, 3.05) is 0 Å². The highest BCUT2D eigenvalue weighted by Gasteiger charge is 2.39. The molecule has 0 aromatic rings. The van der Waals surface area contributed by atoms with Crippen LogP contribution in [0.4, 0.5) is 0 Å². The maximum Gasteiger partial charge on any atom is 0.0719 e. The van der Waals surface area contributed by atoms with Crippen molar-refractivity contribution < 1.29 is 5.11 Å². The third-order valence-electron chi connectivity index (χ3n) is 4.65. The average molecular weight is 210 g/mol. The van der Waals surface area contributed by atoms with Crippen LogP contribution in [0.25, 0.3) is 0 Å². The number of aliphatic hydroxyl groups is 1.